The first kappa shape index (κ1) is 36.9. The van der Waals surface area contributed by atoms with Crippen molar-refractivity contribution in [2.45, 2.75) is 201 Å². The van der Waals surface area contributed by atoms with Crippen molar-refractivity contribution in [3.05, 3.63) is 0 Å². The molecule has 23 rings (SSSR count). The largest absolute Gasteiger partial charge is 0.299 e. The summed E-state index contributed by atoms with van der Waals surface area (Å²) in [6.07, 6.45) is 33.9. The fraction of sp³-hybridized carbons (Fsp3) is 1.00. The van der Waals surface area contributed by atoms with E-state index in [9.17, 15) is 0 Å². The van der Waals surface area contributed by atoms with E-state index >= 15 is 0 Å². The second-order valence-electron chi connectivity index (χ2n) is 28.1. The Labute approximate surface area is 387 Å². The third-order valence-electron chi connectivity index (χ3n) is 26.3. The number of hydrogen-bond donors (Lipinski definition) is 1. The molecular weight excluding hydrogens is 749 g/mol. The number of rotatable bonds is 0. The third kappa shape index (κ3) is 5.83. The maximum absolute atomic E-state index is 8.83. The van der Waals surface area contributed by atoms with Crippen molar-refractivity contribution in [3.8, 4) is 0 Å². The minimum absolute atomic E-state index is 0.0460. The van der Waals surface area contributed by atoms with Crippen LogP contribution in [0.25, 0.3) is 0 Å². The zero-order chi connectivity index (χ0) is 45.0. The number of nitrogens with zero attached hydrogens (tertiary/aromatic N) is 1. The minimum Gasteiger partial charge on any atom is -0.299 e. The van der Waals surface area contributed by atoms with Crippen LogP contribution >= 0.6 is 0 Å². The molecule has 23 fully saturated rings. The van der Waals surface area contributed by atoms with E-state index in [2.05, 4.69) is 37.9 Å². The molecule has 2 nitrogen and oxygen atoms in total. The van der Waals surface area contributed by atoms with Gasteiger partial charge in [-0.25, -0.2) is 0 Å². The van der Waals surface area contributed by atoms with Crippen molar-refractivity contribution in [2.24, 2.45) is 159 Å². The van der Waals surface area contributed by atoms with Crippen LogP contribution in [-0.4, -0.2) is 30.2 Å². The van der Waals surface area contributed by atoms with Crippen LogP contribution in [0.5, 0.6) is 0 Å². The fourth-order valence-corrected chi connectivity index (χ4v) is 24.0. The standard InChI is InChI=1S/C15H22.C15H26.C11H18.C10H20N2.C9H10/c1-7-9-5-11-10-2-8-3-13(11)15(7)14(4-8)12(10)6-9;1-11-6-7-13-9-8-12-4-2-3-5-14(12)15(13)10-11;1-7-4-10-5-9-3-2-8(10)6-11(7)9;1-9-6-8-12-7-4-2-3-5-10(12)11-9;1-9-6-3-2-4(6)8(9)5(2)7(3)9/h7-15H,2-6H2,1H3;11-15H,2-10H2,1H3;7-11H,2-6H2,1H3;9-11H,2-8H2,1H3;2-8H,1H3/t7-,8?,9?,10?,11?,12?,13?,14?,15?;11-,12?,13?,14?,15?;7-,8?,9?,10?,11?;9-,10?;/m0101./s1/i7D;11D;7D;9D;. The van der Waals surface area contributed by atoms with E-state index < -0.39 is 0 Å². The Morgan fingerprint density at radius 3 is 1.74 bits per heavy atom. The summed E-state index contributed by atoms with van der Waals surface area (Å²) in [6, 6.07) is -0.383. The van der Waals surface area contributed by atoms with E-state index in [1.807, 2.05) is 6.92 Å². The van der Waals surface area contributed by atoms with Crippen LogP contribution in [0.15, 0.2) is 0 Å². The Morgan fingerprint density at radius 1 is 0.435 bits per heavy atom. The van der Waals surface area contributed by atoms with Gasteiger partial charge in [-0.15, -0.1) is 0 Å². The number of fused-ring (bicyclic) bond motifs is 6. The summed E-state index contributed by atoms with van der Waals surface area (Å²) in [6.45, 7) is 13.5. The SMILES string of the molecule is CC12C3C4C5C3C1C5C42.[2H][C@@]1(C)CCC2CCC3CCCCC3C2C1.[2H][C@@]1(C)CCN2CCCCCC2N1.[2H][C@]1(C)C2CC3C4CC5CC3C1C(C5)C4C2.[2H][C@]1(C)CC2CC3CCC2CC31. The van der Waals surface area contributed by atoms with Crippen LogP contribution in [0.4, 0.5) is 0 Å². The van der Waals surface area contributed by atoms with E-state index in [1.54, 1.807) is 6.42 Å². The summed E-state index contributed by atoms with van der Waals surface area (Å²) in [7, 11) is 0. The molecule has 2 heterocycles. The van der Waals surface area contributed by atoms with Gasteiger partial charge in [0.1, 0.15) is 0 Å². The predicted molar refractivity (Wildman–Crippen MR) is 255 cm³/mol. The molecule has 346 valence electrons. The highest BCUT2D eigenvalue weighted by Gasteiger charge is 3.02. The van der Waals surface area contributed by atoms with Crippen LogP contribution in [0.1, 0.15) is 194 Å². The number of nitrogens with one attached hydrogen (secondary N) is 1. The van der Waals surface area contributed by atoms with Crippen LogP contribution < -0.4 is 5.32 Å². The summed E-state index contributed by atoms with van der Waals surface area (Å²) >= 11 is 0. The molecule has 23 aliphatic rings. The van der Waals surface area contributed by atoms with Crippen molar-refractivity contribution in [3.63, 3.8) is 0 Å². The molecule has 0 aromatic carbocycles. The lowest BCUT2D eigenvalue weighted by atomic mass is 8.97. The van der Waals surface area contributed by atoms with E-state index in [0.29, 0.717) is 6.17 Å². The molecule has 0 spiro atoms. The third-order valence-corrected chi connectivity index (χ3v) is 26.3. The van der Waals surface area contributed by atoms with Crippen molar-refractivity contribution in [1.29, 1.82) is 0 Å². The normalized spacial score (nSPS) is 69.1. The highest BCUT2D eigenvalue weighted by Crippen LogP contribution is 3.05. The molecule has 2 saturated heterocycles. The van der Waals surface area contributed by atoms with Gasteiger partial charge in [0, 0.05) is 18.0 Å². The zero-order valence-electron chi connectivity index (χ0n) is 44.7. The highest BCUT2D eigenvalue weighted by molar-refractivity contribution is 5.49. The van der Waals surface area contributed by atoms with E-state index in [0.717, 1.165) is 119 Å². The molecule has 12 bridgehead atoms. The van der Waals surface area contributed by atoms with Crippen molar-refractivity contribution < 1.29 is 5.48 Å². The summed E-state index contributed by atoms with van der Waals surface area (Å²) in [5, 5.41) is 3.43. The van der Waals surface area contributed by atoms with Crippen molar-refractivity contribution in [2.75, 3.05) is 13.1 Å². The molecule has 2 heteroatoms. The molecule has 17 atom stereocenters. The van der Waals surface area contributed by atoms with Crippen LogP contribution in [-0.2, 0) is 0 Å². The van der Waals surface area contributed by atoms with E-state index in [1.165, 1.54) is 183 Å². The molecule has 0 amide bonds. The van der Waals surface area contributed by atoms with Gasteiger partial charge in [0.15, 0.2) is 0 Å². The average molecular weight is 849 g/mol. The number of hydrogen-bond acceptors (Lipinski definition) is 2. The molecule has 21 aliphatic carbocycles. The summed E-state index contributed by atoms with van der Waals surface area (Å²) < 4.78 is 33.4. The first-order valence-corrected chi connectivity index (χ1v) is 29.0. The molecule has 21 saturated carbocycles. The zero-order valence-corrected chi connectivity index (χ0v) is 40.7. The molecule has 1 N–H and O–H groups in total. The lowest BCUT2D eigenvalue weighted by Gasteiger charge is -3.07. The molecule has 0 aromatic heterocycles. The Morgan fingerprint density at radius 2 is 1.06 bits per heavy atom. The first-order valence-electron chi connectivity index (χ1n) is 31.0. The van der Waals surface area contributed by atoms with Crippen LogP contribution in [0, 0.1) is 159 Å². The summed E-state index contributed by atoms with van der Waals surface area (Å²) in [5.41, 5.74) is 0.967. The molecule has 13 unspecified atom stereocenters. The second-order valence-corrected chi connectivity index (χ2v) is 28.1. The highest BCUT2D eigenvalue weighted by atomic mass is 15.3. The second kappa shape index (κ2) is 15.2. The molecular formula is C60H96N2. The first-order chi connectivity index (χ1) is 31.5. The van der Waals surface area contributed by atoms with Gasteiger partial charge in [-0.1, -0.05) is 66.2 Å². The van der Waals surface area contributed by atoms with E-state index in [-0.39, 0.29) is 23.7 Å². The Kier molecular flexibility index (Phi) is 9.05. The quantitative estimate of drug-likeness (QED) is 0.261. The maximum Gasteiger partial charge on any atom is 0.0599 e. The molecule has 2 aliphatic heterocycles. The van der Waals surface area contributed by atoms with Gasteiger partial charge in [0.2, 0.25) is 0 Å². The maximum atomic E-state index is 8.83. The minimum atomic E-state index is -0.383. The van der Waals surface area contributed by atoms with Gasteiger partial charge in [0.25, 0.3) is 0 Å². The predicted octanol–water partition coefficient (Wildman–Crippen LogP) is 14.2. The lowest BCUT2D eigenvalue weighted by Crippen LogP contribution is -3.04. The van der Waals surface area contributed by atoms with Crippen molar-refractivity contribution in [1.82, 2.24) is 10.2 Å². The topological polar surface area (TPSA) is 15.3 Å². The van der Waals surface area contributed by atoms with Gasteiger partial charge < -0.3 is 0 Å². The van der Waals surface area contributed by atoms with Gasteiger partial charge in [0.05, 0.1) is 6.17 Å². The van der Waals surface area contributed by atoms with Gasteiger partial charge >= 0.3 is 0 Å². The molecule has 0 aromatic rings. The summed E-state index contributed by atoms with van der Waals surface area (Å²) in [5.74, 6) is 24.4. The Balaban J connectivity index is 0.0000000796. The fourth-order valence-electron chi connectivity index (χ4n) is 24.0. The van der Waals surface area contributed by atoms with Gasteiger partial charge in [-0.05, 0) is 288 Å². The Hall–Kier alpha value is -0.0800. The smallest absolute Gasteiger partial charge is 0.0599 e. The van der Waals surface area contributed by atoms with E-state index in [4.69, 9.17) is 5.48 Å². The van der Waals surface area contributed by atoms with Crippen molar-refractivity contribution >= 4 is 0 Å². The monoisotopic (exact) mass is 849 g/mol. The lowest BCUT2D eigenvalue weighted by molar-refractivity contribution is -0.609. The molecule has 62 heavy (non-hydrogen) atoms. The molecule has 0 radical (unpaired) electrons. The Bertz CT molecular complexity index is 1800. The van der Waals surface area contributed by atoms with Crippen LogP contribution in [0.3, 0.4) is 0 Å². The van der Waals surface area contributed by atoms with Gasteiger partial charge in [-0.3, -0.25) is 10.2 Å². The average Bonchev–Trinajstić information content (AvgIpc) is 3.53. The van der Waals surface area contributed by atoms with Crippen LogP contribution in [0.2, 0.25) is 0 Å². The van der Waals surface area contributed by atoms with Gasteiger partial charge in [-0.2, -0.15) is 0 Å². The summed E-state index contributed by atoms with van der Waals surface area (Å²) in [4.78, 5) is 2.52.